The second kappa shape index (κ2) is 7.01. The van der Waals surface area contributed by atoms with E-state index in [2.05, 4.69) is 15.0 Å². The standard InChI is InChI=1S/C17H13ClFN3O4/c1-26-16(24)9-2-4-11(18)12(6-9)20-15(23)8-22-14-5-3-10(19)7-13(14)21-17(22)25/h2-7H,8H2,1H3,(H,20,23)(H,21,25). The first-order valence-corrected chi connectivity index (χ1v) is 7.82. The summed E-state index contributed by atoms with van der Waals surface area (Å²) in [4.78, 5) is 38.4. The summed E-state index contributed by atoms with van der Waals surface area (Å²) in [6.07, 6.45) is 0. The minimum Gasteiger partial charge on any atom is -0.465 e. The lowest BCUT2D eigenvalue weighted by Crippen LogP contribution is -2.26. The van der Waals surface area contributed by atoms with Gasteiger partial charge >= 0.3 is 11.7 Å². The van der Waals surface area contributed by atoms with Crippen molar-refractivity contribution < 1.29 is 18.7 Å². The van der Waals surface area contributed by atoms with E-state index in [0.29, 0.717) is 5.52 Å². The van der Waals surface area contributed by atoms with Crippen molar-refractivity contribution in [1.82, 2.24) is 9.55 Å². The van der Waals surface area contributed by atoms with Gasteiger partial charge in [-0.2, -0.15) is 0 Å². The van der Waals surface area contributed by atoms with Crippen LogP contribution in [0.15, 0.2) is 41.2 Å². The number of rotatable bonds is 4. The van der Waals surface area contributed by atoms with Gasteiger partial charge in [0, 0.05) is 0 Å². The van der Waals surface area contributed by atoms with Gasteiger partial charge in [0.05, 0.1) is 34.4 Å². The van der Waals surface area contributed by atoms with Gasteiger partial charge in [-0.1, -0.05) is 11.6 Å². The van der Waals surface area contributed by atoms with Gasteiger partial charge in [-0.3, -0.25) is 9.36 Å². The van der Waals surface area contributed by atoms with E-state index in [9.17, 15) is 18.8 Å². The first kappa shape index (κ1) is 17.7. The third-order valence-electron chi connectivity index (χ3n) is 3.70. The van der Waals surface area contributed by atoms with Crippen LogP contribution in [0.25, 0.3) is 11.0 Å². The van der Waals surface area contributed by atoms with Crippen molar-refractivity contribution >= 4 is 40.2 Å². The second-order valence-electron chi connectivity index (χ2n) is 5.41. The maximum absolute atomic E-state index is 13.2. The number of anilines is 1. The third-order valence-corrected chi connectivity index (χ3v) is 4.03. The molecule has 26 heavy (non-hydrogen) atoms. The second-order valence-corrected chi connectivity index (χ2v) is 5.82. The average molecular weight is 378 g/mol. The molecule has 0 saturated carbocycles. The fourth-order valence-corrected chi connectivity index (χ4v) is 2.66. The predicted molar refractivity (Wildman–Crippen MR) is 93.9 cm³/mol. The molecule has 7 nitrogen and oxygen atoms in total. The van der Waals surface area contributed by atoms with Crippen LogP contribution in [0.5, 0.6) is 0 Å². The van der Waals surface area contributed by atoms with Gasteiger partial charge < -0.3 is 15.0 Å². The van der Waals surface area contributed by atoms with E-state index in [1.54, 1.807) is 0 Å². The van der Waals surface area contributed by atoms with Crippen LogP contribution >= 0.6 is 11.6 Å². The average Bonchev–Trinajstić information content (AvgIpc) is 2.90. The van der Waals surface area contributed by atoms with Crippen molar-refractivity contribution in [3.8, 4) is 0 Å². The SMILES string of the molecule is COC(=O)c1ccc(Cl)c(NC(=O)Cn2c(=O)[nH]c3cc(F)ccc32)c1. The van der Waals surface area contributed by atoms with E-state index in [1.807, 2.05) is 0 Å². The molecule has 0 unspecified atom stereocenters. The van der Waals surface area contributed by atoms with Gasteiger partial charge in [0.25, 0.3) is 0 Å². The van der Waals surface area contributed by atoms with Crippen LogP contribution in [0, 0.1) is 5.82 Å². The molecule has 0 fully saturated rings. The molecule has 3 aromatic rings. The molecular formula is C17H13ClFN3O4. The number of fused-ring (bicyclic) bond motifs is 1. The van der Waals surface area contributed by atoms with Crippen molar-refractivity contribution in [2.75, 3.05) is 12.4 Å². The number of ether oxygens (including phenoxy) is 1. The van der Waals surface area contributed by atoms with Crippen LogP contribution in [0.2, 0.25) is 5.02 Å². The van der Waals surface area contributed by atoms with E-state index < -0.39 is 23.4 Å². The number of esters is 1. The Morgan fingerprint density at radius 2 is 2.04 bits per heavy atom. The maximum Gasteiger partial charge on any atom is 0.337 e. The first-order chi connectivity index (χ1) is 12.4. The number of benzene rings is 2. The van der Waals surface area contributed by atoms with Gasteiger partial charge in [-0.25, -0.2) is 14.0 Å². The summed E-state index contributed by atoms with van der Waals surface area (Å²) < 4.78 is 19.0. The molecular weight excluding hydrogens is 365 g/mol. The number of amides is 1. The number of nitrogens with zero attached hydrogens (tertiary/aromatic N) is 1. The van der Waals surface area contributed by atoms with Crippen LogP contribution < -0.4 is 11.0 Å². The van der Waals surface area contributed by atoms with E-state index >= 15 is 0 Å². The lowest BCUT2D eigenvalue weighted by atomic mass is 10.2. The number of hydrogen-bond acceptors (Lipinski definition) is 4. The number of halogens is 2. The molecule has 3 rings (SSSR count). The highest BCUT2D eigenvalue weighted by Gasteiger charge is 2.14. The molecule has 2 aromatic carbocycles. The highest BCUT2D eigenvalue weighted by molar-refractivity contribution is 6.33. The quantitative estimate of drug-likeness (QED) is 0.683. The lowest BCUT2D eigenvalue weighted by Gasteiger charge is -2.09. The summed E-state index contributed by atoms with van der Waals surface area (Å²) in [6.45, 7) is -0.316. The number of H-pyrrole nitrogens is 1. The number of imidazole rings is 1. The summed E-state index contributed by atoms with van der Waals surface area (Å²) >= 11 is 6.03. The van der Waals surface area contributed by atoms with Crippen molar-refractivity contribution in [1.29, 1.82) is 0 Å². The minimum absolute atomic E-state index is 0.207. The molecule has 0 aliphatic heterocycles. The minimum atomic E-state index is -0.577. The molecule has 9 heteroatoms. The predicted octanol–water partition coefficient (Wildman–Crippen LogP) is 2.55. The van der Waals surface area contributed by atoms with Gasteiger partial charge in [0.2, 0.25) is 5.91 Å². The number of carbonyl (C=O) groups is 2. The van der Waals surface area contributed by atoms with Gasteiger partial charge in [-0.15, -0.1) is 0 Å². The van der Waals surface area contributed by atoms with Crippen molar-refractivity contribution in [3.63, 3.8) is 0 Å². The Labute approximate surface area is 151 Å². The zero-order valence-electron chi connectivity index (χ0n) is 13.5. The number of carbonyl (C=O) groups excluding carboxylic acids is 2. The topological polar surface area (TPSA) is 93.2 Å². The Bertz CT molecular complexity index is 1070. The number of aromatic nitrogens is 2. The largest absolute Gasteiger partial charge is 0.465 e. The number of aromatic amines is 1. The van der Waals surface area contributed by atoms with Crippen LogP contribution in [0.4, 0.5) is 10.1 Å². The molecule has 0 spiro atoms. The van der Waals surface area contributed by atoms with E-state index in [4.69, 9.17) is 11.6 Å². The molecule has 1 heterocycles. The summed E-state index contributed by atoms with van der Waals surface area (Å²) in [7, 11) is 1.24. The Balaban J connectivity index is 1.85. The maximum atomic E-state index is 13.2. The molecule has 0 bridgehead atoms. The summed E-state index contributed by atoms with van der Waals surface area (Å²) in [6, 6.07) is 8.05. The van der Waals surface area contributed by atoms with Gasteiger partial charge in [0.1, 0.15) is 12.4 Å². The zero-order chi connectivity index (χ0) is 18.8. The number of methoxy groups -OCH3 is 1. The van der Waals surface area contributed by atoms with Gasteiger partial charge in [0.15, 0.2) is 0 Å². The van der Waals surface area contributed by atoms with E-state index in [1.165, 1.54) is 48.1 Å². The molecule has 0 aliphatic rings. The Morgan fingerprint density at radius 3 is 2.77 bits per heavy atom. The third kappa shape index (κ3) is 3.45. The Kier molecular flexibility index (Phi) is 4.77. The monoisotopic (exact) mass is 377 g/mol. The fourth-order valence-electron chi connectivity index (χ4n) is 2.49. The van der Waals surface area contributed by atoms with Crippen molar-refractivity contribution in [2.24, 2.45) is 0 Å². The van der Waals surface area contributed by atoms with Crippen LogP contribution in [0.1, 0.15) is 10.4 Å². The van der Waals surface area contributed by atoms with Gasteiger partial charge in [-0.05, 0) is 36.4 Å². The normalized spacial score (nSPS) is 10.7. The zero-order valence-corrected chi connectivity index (χ0v) is 14.3. The van der Waals surface area contributed by atoms with Crippen molar-refractivity contribution in [2.45, 2.75) is 6.54 Å². The number of hydrogen-bond donors (Lipinski definition) is 2. The summed E-state index contributed by atoms with van der Waals surface area (Å²) in [5.74, 6) is -1.62. The van der Waals surface area contributed by atoms with Crippen molar-refractivity contribution in [3.05, 3.63) is 63.3 Å². The molecule has 0 atom stereocenters. The fraction of sp³-hybridized carbons (Fsp3) is 0.118. The highest BCUT2D eigenvalue weighted by Crippen LogP contribution is 2.23. The summed E-state index contributed by atoms with van der Waals surface area (Å²) in [5.41, 5.74) is 0.551. The van der Waals surface area contributed by atoms with E-state index in [-0.39, 0.29) is 28.3 Å². The molecule has 1 aromatic heterocycles. The molecule has 1 amide bonds. The number of nitrogens with one attached hydrogen (secondary N) is 2. The molecule has 2 N–H and O–H groups in total. The highest BCUT2D eigenvalue weighted by atomic mass is 35.5. The van der Waals surface area contributed by atoms with Crippen LogP contribution in [-0.2, 0) is 16.1 Å². The Morgan fingerprint density at radius 1 is 1.27 bits per heavy atom. The van der Waals surface area contributed by atoms with Crippen LogP contribution in [0.3, 0.4) is 0 Å². The molecule has 0 aliphatic carbocycles. The van der Waals surface area contributed by atoms with E-state index in [0.717, 1.165) is 0 Å². The Hall–Kier alpha value is -3.13. The lowest BCUT2D eigenvalue weighted by molar-refractivity contribution is -0.116. The molecule has 0 saturated heterocycles. The van der Waals surface area contributed by atoms with Crippen LogP contribution in [-0.4, -0.2) is 28.5 Å². The smallest absolute Gasteiger partial charge is 0.337 e. The summed E-state index contributed by atoms with van der Waals surface area (Å²) in [5, 5.41) is 2.77. The molecule has 134 valence electrons. The molecule has 0 radical (unpaired) electrons. The first-order valence-electron chi connectivity index (χ1n) is 7.45.